The Morgan fingerprint density at radius 1 is 1.15 bits per heavy atom. The summed E-state index contributed by atoms with van der Waals surface area (Å²) in [6.45, 7) is 12.5. The first kappa shape index (κ1) is 19.0. The number of amides is 1. The molecule has 1 amide bonds. The second kappa shape index (κ2) is 8.29. The maximum atomic E-state index is 13.9. The van der Waals surface area contributed by atoms with E-state index >= 15 is 0 Å². The van der Waals surface area contributed by atoms with Crippen LogP contribution in [0.25, 0.3) is 0 Å². The summed E-state index contributed by atoms with van der Waals surface area (Å²) in [5.74, 6) is -0.881. The van der Waals surface area contributed by atoms with Crippen LogP contribution < -0.4 is 5.32 Å². The molecule has 3 rings (SSSR count). The lowest BCUT2D eigenvalue weighted by Gasteiger charge is -2.34. The molecule has 1 saturated heterocycles. The number of aryl methyl sites for hydroxylation is 1. The van der Waals surface area contributed by atoms with Gasteiger partial charge in [0.2, 0.25) is 0 Å². The van der Waals surface area contributed by atoms with Gasteiger partial charge in [-0.05, 0) is 38.1 Å². The van der Waals surface area contributed by atoms with E-state index in [0.717, 1.165) is 49.8 Å². The Bertz CT molecular complexity index is 781. The number of halogens is 1. The molecule has 0 spiro atoms. The highest BCUT2D eigenvalue weighted by atomic mass is 32.1. The van der Waals surface area contributed by atoms with Crippen LogP contribution in [0.5, 0.6) is 0 Å². The number of benzene rings is 1. The Labute approximate surface area is 158 Å². The van der Waals surface area contributed by atoms with Crippen LogP contribution in [0.15, 0.2) is 24.3 Å². The third kappa shape index (κ3) is 4.14. The molecule has 0 radical (unpaired) electrons. The molecule has 1 fully saturated rings. The predicted octanol–water partition coefficient (Wildman–Crippen LogP) is 3.89. The lowest BCUT2D eigenvalue weighted by molar-refractivity contribution is 0.102. The first-order valence-corrected chi connectivity index (χ1v) is 9.90. The minimum absolute atomic E-state index is 0.0821. The van der Waals surface area contributed by atoms with E-state index < -0.39 is 5.82 Å². The van der Waals surface area contributed by atoms with E-state index in [1.54, 1.807) is 23.5 Å². The van der Waals surface area contributed by atoms with Crippen molar-refractivity contribution in [2.24, 2.45) is 0 Å². The van der Waals surface area contributed by atoms with Gasteiger partial charge in [-0.2, -0.15) is 0 Å². The van der Waals surface area contributed by atoms with Gasteiger partial charge in [-0.3, -0.25) is 9.69 Å². The summed E-state index contributed by atoms with van der Waals surface area (Å²) in [4.78, 5) is 18.6. The SMILES string of the molecule is CCN1CCN(Cc2c(NC(=O)c3ccccc3F)sc(C)c2C)CC1. The number of thiophene rings is 1. The molecule has 0 atom stereocenters. The molecule has 1 aliphatic rings. The zero-order valence-corrected chi connectivity index (χ0v) is 16.5. The predicted molar refractivity (Wildman–Crippen MR) is 106 cm³/mol. The second-order valence-electron chi connectivity index (χ2n) is 6.74. The minimum atomic E-state index is -0.493. The van der Waals surface area contributed by atoms with Crippen molar-refractivity contribution in [1.82, 2.24) is 9.80 Å². The van der Waals surface area contributed by atoms with E-state index in [4.69, 9.17) is 0 Å². The fourth-order valence-corrected chi connectivity index (χ4v) is 4.34. The van der Waals surface area contributed by atoms with Gasteiger partial charge < -0.3 is 10.2 Å². The average Bonchev–Trinajstić information content (AvgIpc) is 2.90. The van der Waals surface area contributed by atoms with Gasteiger partial charge in [-0.15, -0.1) is 11.3 Å². The fourth-order valence-electron chi connectivity index (χ4n) is 3.27. The Hall–Kier alpha value is -1.76. The maximum Gasteiger partial charge on any atom is 0.259 e. The minimum Gasteiger partial charge on any atom is -0.313 e. The molecule has 0 saturated carbocycles. The summed E-state index contributed by atoms with van der Waals surface area (Å²) in [6, 6.07) is 6.10. The quantitative estimate of drug-likeness (QED) is 0.861. The van der Waals surface area contributed by atoms with Crippen LogP contribution >= 0.6 is 11.3 Å². The van der Waals surface area contributed by atoms with E-state index in [9.17, 15) is 9.18 Å². The zero-order chi connectivity index (χ0) is 18.7. The molecule has 26 heavy (non-hydrogen) atoms. The van der Waals surface area contributed by atoms with Crippen molar-refractivity contribution in [1.29, 1.82) is 0 Å². The first-order chi connectivity index (χ1) is 12.5. The molecule has 1 N–H and O–H groups in total. The molecule has 6 heteroatoms. The summed E-state index contributed by atoms with van der Waals surface area (Å²) in [6.07, 6.45) is 0. The number of nitrogens with zero attached hydrogens (tertiary/aromatic N) is 2. The standard InChI is InChI=1S/C20H26FN3OS/c1-4-23-9-11-24(12-10-23)13-17-14(2)15(3)26-20(17)22-19(25)16-7-5-6-8-18(16)21/h5-8H,4,9-13H2,1-3H3,(H,22,25). The molecule has 1 aromatic heterocycles. The molecule has 1 aliphatic heterocycles. The number of hydrogen-bond donors (Lipinski definition) is 1. The van der Waals surface area contributed by atoms with Crippen molar-refractivity contribution in [3.05, 3.63) is 51.7 Å². The smallest absolute Gasteiger partial charge is 0.259 e. The molecule has 0 aliphatic carbocycles. The fraction of sp³-hybridized carbons (Fsp3) is 0.450. The van der Waals surface area contributed by atoms with Gasteiger partial charge in [0.15, 0.2) is 0 Å². The van der Waals surface area contributed by atoms with Crippen LogP contribution in [0.3, 0.4) is 0 Å². The number of hydrogen-bond acceptors (Lipinski definition) is 4. The molecule has 0 bridgehead atoms. The Morgan fingerprint density at radius 2 is 1.81 bits per heavy atom. The highest BCUT2D eigenvalue weighted by Gasteiger charge is 2.21. The van der Waals surface area contributed by atoms with Crippen LogP contribution in [0.2, 0.25) is 0 Å². The highest BCUT2D eigenvalue weighted by molar-refractivity contribution is 7.16. The number of likely N-dealkylation sites (N-methyl/N-ethyl adjacent to an activating group) is 1. The molecular formula is C20H26FN3OS. The number of carbonyl (C=O) groups excluding carboxylic acids is 1. The van der Waals surface area contributed by atoms with Crippen molar-refractivity contribution >= 4 is 22.2 Å². The Morgan fingerprint density at radius 3 is 2.46 bits per heavy atom. The average molecular weight is 376 g/mol. The van der Waals surface area contributed by atoms with Crippen molar-refractivity contribution in [3.8, 4) is 0 Å². The highest BCUT2D eigenvalue weighted by Crippen LogP contribution is 2.34. The van der Waals surface area contributed by atoms with Gasteiger partial charge >= 0.3 is 0 Å². The molecule has 0 unspecified atom stereocenters. The summed E-state index contributed by atoms with van der Waals surface area (Å²) >= 11 is 1.57. The van der Waals surface area contributed by atoms with Crippen molar-refractivity contribution < 1.29 is 9.18 Å². The van der Waals surface area contributed by atoms with Gasteiger partial charge in [0.1, 0.15) is 10.8 Å². The molecule has 4 nitrogen and oxygen atoms in total. The Kier molecular flexibility index (Phi) is 6.06. The maximum absolute atomic E-state index is 13.9. The summed E-state index contributed by atoms with van der Waals surface area (Å²) < 4.78 is 13.9. The van der Waals surface area contributed by atoms with Gasteiger partial charge in [-0.1, -0.05) is 19.1 Å². The number of rotatable bonds is 5. The molecule has 140 valence electrons. The number of piperazine rings is 1. The van der Waals surface area contributed by atoms with Crippen molar-refractivity contribution in [2.75, 3.05) is 38.0 Å². The lowest BCUT2D eigenvalue weighted by Crippen LogP contribution is -2.45. The van der Waals surface area contributed by atoms with E-state index in [0.29, 0.717) is 0 Å². The number of anilines is 1. The first-order valence-electron chi connectivity index (χ1n) is 9.09. The monoisotopic (exact) mass is 375 g/mol. The Balaban J connectivity index is 1.75. The van der Waals surface area contributed by atoms with Gasteiger partial charge in [0.05, 0.1) is 5.56 Å². The van der Waals surface area contributed by atoms with E-state index in [2.05, 4.69) is 35.9 Å². The molecule has 2 heterocycles. The van der Waals surface area contributed by atoms with Crippen LogP contribution in [-0.2, 0) is 6.54 Å². The van der Waals surface area contributed by atoms with E-state index in [1.807, 2.05) is 0 Å². The van der Waals surface area contributed by atoms with Crippen molar-refractivity contribution in [2.45, 2.75) is 27.3 Å². The summed E-state index contributed by atoms with van der Waals surface area (Å²) in [7, 11) is 0. The molecular weight excluding hydrogens is 349 g/mol. The third-order valence-corrected chi connectivity index (χ3v) is 6.31. The topological polar surface area (TPSA) is 35.6 Å². The van der Waals surface area contributed by atoms with Crippen LogP contribution in [0.1, 0.15) is 33.3 Å². The number of nitrogens with one attached hydrogen (secondary N) is 1. The van der Waals surface area contributed by atoms with Crippen LogP contribution in [0, 0.1) is 19.7 Å². The summed E-state index contributed by atoms with van der Waals surface area (Å²) in [5.41, 5.74) is 2.46. The second-order valence-corrected chi connectivity index (χ2v) is 7.96. The van der Waals surface area contributed by atoms with Gasteiger partial charge in [-0.25, -0.2) is 4.39 Å². The van der Waals surface area contributed by atoms with Crippen LogP contribution in [0.4, 0.5) is 9.39 Å². The van der Waals surface area contributed by atoms with Crippen molar-refractivity contribution in [3.63, 3.8) is 0 Å². The largest absolute Gasteiger partial charge is 0.313 e. The summed E-state index contributed by atoms with van der Waals surface area (Å²) in [5, 5.41) is 3.78. The molecule has 2 aromatic rings. The third-order valence-electron chi connectivity index (χ3n) is 5.15. The van der Waals surface area contributed by atoms with E-state index in [1.165, 1.54) is 22.6 Å². The molecule has 1 aromatic carbocycles. The lowest BCUT2D eigenvalue weighted by atomic mass is 10.1. The van der Waals surface area contributed by atoms with Gasteiger partial charge in [0, 0.05) is 43.2 Å². The zero-order valence-electron chi connectivity index (χ0n) is 15.6. The number of carbonyl (C=O) groups is 1. The van der Waals surface area contributed by atoms with Crippen LogP contribution in [-0.4, -0.2) is 48.4 Å². The van der Waals surface area contributed by atoms with Gasteiger partial charge in [0.25, 0.3) is 5.91 Å². The normalized spacial score (nSPS) is 16.0. The van der Waals surface area contributed by atoms with E-state index in [-0.39, 0.29) is 11.5 Å².